The number of methoxy groups -OCH3 is 1. The molecule has 2 aromatic carbocycles. The van der Waals surface area contributed by atoms with Gasteiger partial charge in [0.05, 0.1) is 7.11 Å². The maximum absolute atomic E-state index is 5.75. The van der Waals surface area contributed by atoms with E-state index in [0.717, 1.165) is 22.4 Å². The van der Waals surface area contributed by atoms with E-state index in [1.54, 1.807) is 7.11 Å². The van der Waals surface area contributed by atoms with E-state index >= 15 is 0 Å². The third-order valence-corrected chi connectivity index (χ3v) is 2.56. The van der Waals surface area contributed by atoms with Gasteiger partial charge in [0.25, 0.3) is 0 Å². The Morgan fingerprint density at radius 2 is 1.94 bits per heavy atom. The fraction of sp³-hybridized carbons (Fsp3) is 0.143. The van der Waals surface area contributed by atoms with E-state index in [4.69, 9.17) is 10.5 Å². The fourth-order valence-electron chi connectivity index (χ4n) is 1.80. The molecule has 0 aliphatic rings. The molecule has 2 nitrogen and oxygen atoms in total. The Kier molecular flexibility index (Phi) is 3.22. The summed E-state index contributed by atoms with van der Waals surface area (Å²) in [5.41, 5.74) is 9.02. The molecule has 0 aliphatic heterocycles. The van der Waals surface area contributed by atoms with E-state index in [1.165, 1.54) is 0 Å². The highest BCUT2D eigenvalue weighted by Gasteiger charge is 2.09. The number of rotatable bonds is 3. The van der Waals surface area contributed by atoms with Gasteiger partial charge in [-0.3, -0.25) is 0 Å². The fourth-order valence-corrected chi connectivity index (χ4v) is 1.80. The van der Waals surface area contributed by atoms with Gasteiger partial charge >= 0.3 is 0 Å². The van der Waals surface area contributed by atoms with Crippen molar-refractivity contribution < 1.29 is 4.74 Å². The largest absolute Gasteiger partial charge is 0.496 e. The zero-order valence-corrected chi connectivity index (χ0v) is 9.23. The lowest BCUT2D eigenvalue weighted by molar-refractivity contribution is 0.416. The lowest BCUT2D eigenvalue weighted by Gasteiger charge is -2.12. The second-order valence-electron chi connectivity index (χ2n) is 3.49. The Morgan fingerprint density at radius 3 is 2.56 bits per heavy atom. The van der Waals surface area contributed by atoms with Gasteiger partial charge in [0, 0.05) is 12.1 Å². The number of ether oxygens (including phenoxy) is 1. The molecule has 0 atom stereocenters. The Labute approximate surface area is 95.7 Å². The molecule has 0 bridgehead atoms. The van der Waals surface area contributed by atoms with Gasteiger partial charge in [0.2, 0.25) is 0 Å². The van der Waals surface area contributed by atoms with Crippen LogP contribution in [0.1, 0.15) is 5.56 Å². The zero-order chi connectivity index (χ0) is 11.4. The van der Waals surface area contributed by atoms with Crippen molar-refractivity contribution in [3.05, 3.63) is 54.1 Å². The summed E-state index contributed by atoms with van der Waals surface area (Å²) in [4.78, 5) is 0. The predicted octanol–water partition coefficient (Wildman–Crippen LogP) is 2.62. The summed E-state index contributed by atoms with van der Waals surface area (Å²) in [6.45, 7) is 0.505. The standard InChI is InChI=1S/C14H14NO/c1-16-13-9-5-8-12(10-15)14(13)11-6-3-2-4-7-11/h3-9H,10,15H2,1H3. The number of benzene rings is 2. The van der Waals surface area contributed by atoms with Crippen LogP contribution in [0.3, 0.4) is 0 Å². The molecule has 0 aromatic heterocycles. The molecular formula is C14H14NO. The number of hydrogen-bond donors (Lipinski definition) is 1. The van der Waals surface area contributed by atoms with E-state index in [-0.39, 0.29) is 0 Å². The third kappa shape index (κ3) is 1.92. The molecule has 2 rings (SSSR count). The van der Waals surface area contributed by atoms with Gasteiger partial charge < -0.3 is 10.5 Å². The first-order valence-electron chi connectivity index (χ1n) is 5.19. The van der Waals surface area contributed by atoms with Crippen molar-refractivity contribution in [2.75, 3.05) is 7.11 Å². The van der Waals surface area contributed by atoms with Crippen LogP contribution >= 0.6 is 0 Å². The van der Waals surface area contributed by atoms with Crippen LogP contribution in [0.5, 0.6) is 5.75 Å². The molecule has 0 unspecified atom stereocenters. The first-order valence-corrected chi connectivity index (χ1v) is 5.19. The molecule has 16 heavy (non-hydrogen) atoms. The van der Waals surface area contributed by atoms with Gasteiger partial charge in [-0.15, -0.1) is 0 Å². The molecule has 0 heterocycles. The summed E-state index contributed by atoms with van der Waals surface area (Å²) in [7, 11) is 1.67. The highest BCUT2D eigenvalue weighted by Crippen LogP contribution is 2.32. The smallest absolute Gasteiger partial charge is 0.127 e. The van der Waals surface area contributed by atoms with Gasteiger partial charge in [-0.2, -0.15) is 0 Å². The Bertz CT molecular complexity index is 443. The number of hydrogen-bond acceptors (Lipinski definition) is 2. The minimum Gasteiger partial charge on any atom is -0.496 e. The molecule has 1 radical (unpaired) electrons. The van der Waals surface area contributed by atoms with Crippen molar-refractivity contribution in [2.45, 2.75) is 6.54 Å². The topological polar surface area (TPSA) is 35.2 Å². The predicted molar refractivity (Wildman–Crippen MR) is 65.2 cm³/mol. The van der Waals surface area contributed by atoms with Crippen LogP contribution in [0.15, 0.2) is 42.5 Å². The number of nitrogens with two attached hydrogens (primary N) is 1. The zero-order valence-electron chi connectivity index (χ0n) is 9.23. The average Bonchev–Trinajstić information content (AvgIpc) is 2.38. The minimum atomic E-state index is 0.505. The molecule has 2 heteroatoms. The molecule has 2 N–H and O–H groups in total. The van der Waals surface area contributed by atoms with Gasteiger partial charge in [-0.05, 0) is 23.3 Å². The van der Waals surface area contributed by atoms with Crippen LogP contribution in [0.4, 0.5) is 0 Å². The summed E-state index contributed by atoms with van der Waals surface area (Å²) in [5, 5.41) is 0. The molecule has 81 valence electrons. The van der Waals surface area contributed by atoms with E-state index in [0.29, 0.717) is 6.54 Å². The van der Waals surface area contributed by atoms with Crippen molar-refractivity contribution in [1.82, 2.24) is 0 Å². The SMILES string of the molecule is COc1cccc(CN)c1-c1cc[c]cc1. The summed E-state index contributed by atoms with van der Waals surface area (Å²) in [5.74, 6) is 0.856. The van der Waals surface area contributed by atoms with E-state index in [1.807, 2.05) is 42.5 Å². The van der Waals surface area contributed by atoms with Crippen molar-refractivity contribution >= 4 is 0 Å². The molecule has 2 aromatic rings. The summed E-state index contributed by atoms with van der Waals surface area (Å²) in [6, 6.07) is 16.7. The lowest BCUT2D eigenvalue weighted by atomic mass is 9.98. The highest BCUT2D eigenvalue weighted by atomic mass is 16.5. The van der Waals surface area contributed by atoms with Gasteiger partial charge in [-0.25, -0.2) is 0 Å². The van der Waals surface area contributed by atoms with Crippen LogP contribution < -0.4 is 10.5 Å². The first kappa shape index (κ1) is 10.7. The maximum atomic E-state index is 5.75. The second-order valence-corrected chi connectivity index (χ2v) is 3.49. The van der Waals surface area contributed by atoms with Crippen LogP contribution in [0, 0.1) is 6.07 Å². The molecule has 0 aliphatic carbocycles. The molecular weight excluding hydrogens is 198 g/mol. The Balaban J connectivity index is 2.62. The quantitative estimate of drug-likeness (QED) is 0.848. The maximum Gasteiger partial charge on any atom is 0.127 e. The molecule has 0 saturated carbocycles. The lowest BCUT2D eigenvalue weighted by Crippen LogP contribution is -2.00. The molecule has 0 fully saturated rings. The summed E-state index contributed by atoms with van der Waals surface area (Å²) >= 11 is 0. The third-order valence-electron chi connectivity index (χ3n) is 2.56. The molecule has 0 spiro atoms. The average molecular weight is 212 g/mol. The normalized spacial score (nSPS) is 10.1. The van der Waals surface area contributed by atoms with Gasteiger partial charge in [-0.1, -0.05) is 36.4 Å². The molecule has 0 saturated heterocycles. The second kappa shape index (κ2) is 4.81. The summed E-state index contributed by atoms with van der Waals surface area (Å²) in [6.07, 6.45) is 0. The van der Waals surface area contributed by atoms with Crippen molar-refractivity contribution in [1.29, 1.82) is 0 Å². The van der Waals surface area contributed by atoms with Crippen molar-refractivity contribution in [2.24, 2.45) is 5.73 Å². The van der Waals surface area contributed by atoms with Crippen molar-refractivity contribution in [3.8, 4) is 16.9 Å². The van der Waals surface area contributed by atoms with Gasteiger partial charge in [0.15, 0.2) is 0 Å². The van der Waals surface area contributed by atoms with E-state index in [9.17, 15) is 0 Å². The van der Waals surface area contributed by atoms with Crippen LogP contribution in [-0.4, -0.2) is 7.11 Å². The van der Waals surface area contributed by atoms with E-state index < -0.39 is 0 Å². The Morgan fingerprint density at radius 1 is 1.19 bits per heavy atom. The van der Waals surface area contributed by atoms with E-state index in [2.05, 4.69) is 6.07 Å². The Hall–Kier alpha value is -1.80. The minimum absolute atomic E-state index is 0.505. The van der Waals surface area contributed by atoms with Crippen LogP contribution in [-0.2, 0) is 6.54 Å². The van der Waals surface area contributed by atoms with Gasteiger partial charge in [0.1, 0.15) is 5.75 Å². The monoisotopic (exact) mass is 212 g/mol. The van der Waals surface area contributed by atoms with Crippen molar-refractivity contribution in [3.63, 3.8) is 0 Å². The summed E-state index contributed by atoms with van der Waals surface area (Å²) < 4.78 is 5.38. The highest BCUT2D eigenvalue weighted by molar-refractivity contribution is 5.73. The molecule has 0 amide bonds. The van der Waals surface area contributed by atoms with Crippen LogP contribution in [0.2, 0.25) is 0 Å². The first-order chi connectivity index (χ1) is 7.86. The van der Waals surface area contributed by atoms with Crippen LogP contribution in [0.25, 0.3) is 11.1 Å².